The third-order valence-corrected chi connectivity index (χ3v) is 7.14. The fourth-order valence-corrected chi connectivity index (χ4v) is 5.11. The van der Waals surface area contributed by atoms with Crippen molar-refractivity contribution in [2.24, 2.45) is 0 Å². The highest BCUT2D eigenvalue weighted by molar-refractivity contribution is 7.91. The first kappa shape index (κ1) is 18.4. The lowest BCUT2D eigenvalue weighted by Gasteiger charge is -2.40. The highest BCUT2D eigenvalue weighted by Gasteiger charge is 2.30. The van der Waals surface area contributed by atoms with E-state index < -0.39 is 15.7 Å². The maximum atomic E-state index is 13.5. The number of likely N-dealkylation sites (N-methyl/N-ethyl adjacent to an activating group) is 1. The molecule has 0 aliphatic carbocycles. The van der Waals surface area contributed by atoms with Gasteiger partial charge in [0.1, 0.15) is 11.6 Å². The number of hydrogen-bond acceptors (Lipinski definition) is 5. The quantitative estimate of drug-likeness (QED) is 0.807. The summed E-state index contributed by atoms with van der Waals surface area (Å²) < 4.78 is 45.0. The number of ether oxygens (including phenoxy) is 1. The van der Waals surface area contributed by atoms with Gasteiger partial charge in [0.05, 0.1) is 16.4 Å². The van der Waals surface area contributed by atoms with E-state index in [1.54, 1.807) is 12.1 Å². The summed E-state index contributed by atoms with van der Waals surface area (Å²) in [4.78, 5) is 4.84. The van der Waals surface area contributed by atoms with E-state index in [1.165, 1.54) is 18.2 Å². The van der Waals surface area contributed by atoms with Crippen LogP contribution >= 0.6 is 0 Å². The highest BCUT2D eigenvalue weighted by atomic mass is 32.2. The molecule has 2 heterocycles. The van der Waals surface area contributed by atoms with E-state index in [4.69, 9.17) is 4.74 Å². The maximum Gasteiger partial charge on any atom is 0.206 e. The smallest absolute Gasteiger partial charge is 0.206 e. The van der Waals surface area contributed by atoms with Gasteiger partial charge in [-0.15, -0.1) is 0 Å². The molecule has 2 aromatic rings. The molecule has 0 bridgehead atoms. The van der Waals surface area contributed by atoms with Crippen LogP contribution in [0.2, 0.25) is 0 Å². The molecule has 144 valence electrons. The van der Waals surface area contributed by atoms with Crippen molar-refractivity contribution in [3.63, 3.8) is 0 Å². The Hall–Kier alpha value is -1.96. The van der Waals surface area contributed by atoms with Crippen LogP contribution in [0.15, 0.2) is 52.3 Å². The number of nitrogens with zero attached hydrogens (tertiary/aromatic N) is 2. The Bertz CT molecular complexity index is 940. The van der Waals surface area contributed by atoms with Crippen LogP contribution < -0.4 is 4.74 Å². The summed E-state index contributed by atoms with van der Waals surface area (Å²) >= 11 is 0. The van der Waals surface area contributed by atoms with Crippen molar-refractivity contribution in [2.45, 2.75) is 22.3 Å². The van der Waals surface area contributed by atoms with Crippen molar-refractivity contribution >= 4 is 9.84 Å². The first-order valence-corrected chi connectivity index (χ1v) is 10.6. The zero-order chi connectivity index (χ0) is 19.0. The predicted octanol–water partition coefficient (Wildman–Crippen LogP) is 2.73. The van der Waals surface area contributed by atoms with Crippen LogP contribution in [0.25, 0.3) is 0 Å². The SMILES string of the molecule is CN1CCN(C2CCOc3cc(S(=O)(=O)c4cccc(F)c4)ccc32)CC1. The van der Waals surface area contributed by atoms with Gasteiger partial charge < -0.3 is 9.64 Å². The summed E-state index contributed by atoms with van der Waals surface area (Å²) in [5, 5.41) is 0. The summed E-state index contributed by atoms with van der Waals surface area (Å²) in [6.45, 7) is 4.60. The van der Waals surface area contributed by atoms with E-state index in [0.29, 0.717) is 12.4 Å². The molecule has 0 radical (unpaired) electrons. The van der Waals surface area contributed by atoms with Gasteiger partial charge >= 0.3 is 0 Å². The Morgan fingerprint density at radius 2 is 1.78 bits per heavy atom. The average molecular weight is 390 g/mol. The number of hydrogen-bond donors (Lipinski definition) is 0. The van der Waals surface area contributed by atoms with E-state index >= 15 is 0 Å². The van der Waals surface area contributed by atoms with E-state index in [0.717, 1.165) is 44.2 Å². The number of rotatable bonds is 3. The van der Waals surface area contributed by atoms with Crippen LogP contribution in [0.1, 0.15) is 18.0 Å². The standard InChI is InChI=1S/C20H23FN2O3S/c1-22-8-10-23(11-9-22)19-7-12-26-20-14-17(5-6-18(19)20)27(24,25)16-4-2-3-15(21)13-16/h2-6,13-14,19H,7-12H2,1H3. The molecule has 7 heteroatoms. The van der Waals surface area contributed by atoms with Crippen molar-refractivity contribution in [3.8, 4) is 5.75 Å². The van der Waals surface area contributed by atoms with Crippen molar-refractivity contribution in [3.05, 3.63) is 53.8 Å². The van der Waals surface area contributed by atoms with Gasteiger partial charge in [-0.3, -0.25) is 4.90 Å². The topological polar surface area (TPSA) is 49.9 Å². The fourth-order valence-electron chi connectivity index (χ4n) is 3.80. The Labute approximate surface area is 159 Å². The number of piperazine rings is 1. The molecule has 1 atom stereocenters. The molecule has 27 heavy (non-hydrogen) atoms. The lowest BCUT2D eigenvalue weighted by Crippen LogP contribution is -2.46. The molecular weight excluding hydrogens is 367 g/mol. The summed E-state index contributed by atoms with van der Waals surface area (Å²) in [7, 11) is -1.66. The second-order valence-corrected chi connectivity index (χ2v) is 9.10. The van der Waals surface area contributed by atoms with Crippen molar-refractivity contribution in [2.75, 3.05) is 39.8 Å². The molecule has 0 N–H and O–H groups in total. The van der Waals surface area contributed by atoms with Gasteiger partial charge in [-0.2, -0.15) is 0 Å². The van der Waals surface area contributed by atoms with Gasteiger partial charge in [0.25, 0.3) is 0 Å². The molecule has 5 nitrogen and oxygen atoms in total. The monoisotopic (exact) mass is 390 g/mol. The van der Waals surface area contributed by atoms with E-state index in [9.17, 15) is 12.8 Å². The molecule has 2 aliphatic heterocycles. The van der Waals surface area contributed by atoms with Crippen LogP contribution in [0.3, 0.4) is 0 Å². The molecule has 4 rings (SSSR count). The zero-order valence-corrected chi connectivity index (χ0v) is 16.1. The van der Waals surface area contributed by atoms with Crippen LogP contribution in [-0.4, -0.2) is 58.1 Å². The second kappa shape index (κ2) is 7.22. The summed E-state index contributed by atoms with van der Waals surface area (Å²) in [6.07, 6.45) is 0.896. The lowest BCUT2D eigenvalue weighted by atomic mass is 9.98. The van der Waals surface area contributed by atoms with Crippen LogP contribution in [0.5, 0.6) is 5.75 Å². The predicted molar refractivity (Wildman–Crippen MR) is 100 cm³/mol. The lowest BCUT2D eigenvalue weighted by molar-refractivity contribution is 0.0854. The minimum Gasteiger partial charge on any atom is -0.493 e. The number of benzene rings is 2. The molecule has 2 aromatic carbocycles. The van der Waals surface area contributed by atoms with Gasteiger partial charge in [-0.1, -0.05) is 12.1 Å². The van der Waals surface area contributed by atoms with Gasteiger partial charge in [0.15, 0.2) is 0 Å². The maximum absolute atomic E-state index is 13.5. The van der Waals surface area contributed by atoms with E-state index in [-0.39, 0.29) is 15.8 Å². The highest BCUT2D eigenvalue weighted by Crippen LogP contribution is 2.38. The van der Waals surface area contributed by atoms with Crippen LogP contribution in [-0.2, 0) is 9.84 Å². The normalized spacial score (nSPS) is 21.5. The summed E-state index contributed by atoms with van der Waals surface area (Å²) in [5.41, 5.74) is 1.03. The minimum absolute atomic E-state index is 0.0473. The molecule has 1 fully saturated rings. The Morgan fingerprint density at radius 1 is 1.04 bits per heavy atom. The third-order valence-electron chi connectivity index (χ3n) is 5.39. The molecule has 1 saturated heterocycles. The van der Waals surface area contributed by atoms with E-state index in [2.05, 4.69) is 16.8 Å². The molecule has 0 amide bonds. The first-order valence-electron chi connectivity index (χ1n) is 9.15. The Morgan fingerprint density at radius 3 is 2.52 bits per heavy atom. The van der Waals surface area contributed by atoms with Crippen LogP contribution in [0, 0.1) is 5.82 Å². The average Bonchev–Trinajstić information content (AvgIpc) is 2.68. The molecular formula is C20H23FN2O3S. The second-order valence-electron chi connectivity index (χ2n) is 7.15. The molecule has 0 spiro atoms. The molecule has 2 aliphatic rings. The third kappa shape index (κ3) is 3.59. The minimum atomic E-state index is -3.78. The molecule has 1 unspecified atom stereocenters. The van der Waals surface area contributed by atoms with Gasteiger partial charge in [-0.25, -0.2) is 12.8 Å². The number of fused-ring (bicyclic) bond motifs is 1. The van der Waals surface area contributed by atoms with Crippen molar-refractivity contribution < 1.29 is 17.5 Å². The fraction of sp³-hybridized carbons (Fsp3) is 0.400. The van der Waals surface area contributed by atoms with Crippen LogP contribution in [0.4, 0.5) is 4.39 Å². The Kier molecular flexibility index (Phi) is 4.92. The summed E-state index contributed by atoms with van der Waals surface area (Å²) in [5.74, 6) is 0.0445. The van der Waals surface area contributed by atoms with Gasteiger partial charge in [0.2, 0.25) is 9.84 Å². The van der Waals surface area contributed by atoms with Crippen molar-refractivity contribution in [1.29, 1.82) is 0 Å². The number of sulfone groups is 1. The molecule has 0 aromatic heterocycles. The van der Waals surface area contributed by atoms with Gasteiger partial charge in [-0.05, 0) is 37.4 Å². The largest absolute Gasteiger partial charge is 0.493 e. The molecule has 0 saturated carbocycles. The Balaban J connectivity index is 1.65. The van der Waals surface area contributed by atoms with E-state index in [1.807, 2.05) is 6.07 Å². The zero-order valence-electron chi connectivity index (χ0n) is 15.3. The van der Waals surface area contributed by atoms with Gasteiger partial charge in [0, 0.05) is 44.2 Å². The number of halogens is 1. The summed E-state index contributed by atoms with van der Waals surface area (Å²) in [6, 6.07) is 10.4. The first-order chi connectivity index (χ1) is 12.9. The van der Waals surface area contributed by atoms with Crippen molar-refractivity contribution in [1.82, 2.24) is 9.80 Å².